The Bertz CT molecular complexity index is 2380. The summed E-state index contributed by atoms with van der Waals surface area (Å²) in [6.07, 6.45) is -5.66. The number of anilines is 2. The molecule has 1 fully saturated rings. The molecule has 1 aliphatic carbocycles. The molecule has 1 aromatic heterocycles. The van der Waals surface area contributed by atoms with Crippen molar-refractivity contribution in [3.8, 4) is 11.5 Å². The normalized spacial score (nSPS) is 22.8. The van der Waals surface area contributed by atoms with E-state index in [2.05, 4.69) is 20.0 Å². The van der Waals surface area contributed by atoms with Gasteiger partial charge in [0.05, 0.1) is 18.8 Å². The molecule has 17 heteroatoms. The van der Waals surface area contributed by atoms with Gasteiger partial charge in [-0.15, -0.1) is 0 Å². The van der Waals surface area contributed by atoms with Gasteiger partial charge in [0, 0.05) is 40.6 Å². The minimum absolute atomic E-state index is 0.00735. The third kappa shape index (κ3) is 6.46. The van der Waals surface area contributed by atoms with Crippen LogP contribution in [0.5, 0.6) is 11.5 Å². The van der Waals surface area contributed by atoms with Gasteiger partial charge in [-0.3, -0.25) is 19.4 Å². The van der Waals surface area contributed by atoms with Crippen molar-refractivity contribution in [2.24, 2.45) is 20.7 Å². The summed E-state index contributed by atoms with van der Waals surface area (Å²) in [4.78, 5) is 58.4. The molecule has 1 amide bonds. The number of amidine groups is 1. The van der Waals surface area contributed by atoms with Crippen LogP contribution in [0, 0.1) is 0 Å². The minimum atomic E-state index is -1.63. The van der Waals surface area contributed by atoms with E-state index >= 15 is 0 Å². The molecule has 286 valence electrons. The first-order valence-electron chi connectivity index (χ1n) is 17.6. The molecule has 3 aromatic carbocycles. The molecule has 8 rings (SSSR count). The Morgan fingerprint density at radius 2 is 1.64 bits per heavy atom. The summed E-state index contributed by atoms with van der Waals surface area (Å²) < 4.78 is 18.4. The van der Waals surface area contributed by atoms with E-state index in [-0.39, 0.29) is 70.8 Å². The highest BCUT2D eigenvalue weighted by Crippen LogP contribution is 2.44. The third-order valence-electron chi connectivity index (χ3n) is 9.96. The van der Waals surface area contributed by atoms with Crippen LogP contribution >= 0.6 is 0 Å². The van der Waals surface area contributed by atoms with E-state index in [1.807, 2.05) is 0 Å². The lowest BCUT2D eigenvalue weighted by atomic mass is 9.82. The maximum Gasteiger partial charge on any atom is 0.302 e. The van der Waals surface area contributed by atoms with Gasteiger partial charge in [0.15, 0.2) is 34.6 Å². The molecule has 17 nitrogen and oxygen atoms in total. The average molecular weight is 762 g/mol. The summed E-state index contributed by atoms with van der Waals surface area (Å²) in [6.45, 7) is -0.693. The number of phenolic OH excluding ortho intramolecular Hbond substituents is 1. The molecule has 4 heterocycles. The summed E-state index contributed by atoms with van der Waals surface area (Å²) in [5.41, 5.74) is 13.7. The third-order valence-corrected chi connectivity index (χ3v) is 9.96. The Kier molecular flexibility index (Phi) is 9.61. The number of rotatable bonds is 10. The van der Waals surface area contributed by atoms with Crippen molar-refractivity contribution in [3.05, 3.63) is 112 Å². The summed E-state index contributed by atoms with van der Waals surface area (Å²) in [5, 5.41) is 44.2. The summed E-state index contributed by atoms with van der Waals surface area (Å²) >= 11 is 0. The zero-order valence-electron chi connectivity index (χ0n) is 29.5. The van der Waals surface area contributed by atoms with E-state index in [1.165, 1.54) is 24.4 Å². The number of benzene rings is 3. The van der Waals surface area contributed by atoms with Crippen LogP contribution in [0.1, 0.15) is 48.5 Å². The number of hydrogen-bond donors (Lipinski definition) is 6. The Morgan fingerprint density at radius 1 is 0.893 bits per heavy atom. The number of pyridine rings is 1. The van der Waals surface area contributed by atoms with E-state index in [0.29, 0.717) is 23.5 Å². The van der Waals surface area contributed by atoms with Crippen LogP contribution < -0.4 is 21.1 Å². The Morgan fingerprint density at radius 3 is 2.41 bits per heavy atom. The summed E-state index contributed by atoms with van der Waals surface area (Å²) in [6, 6.07) is 18.2. The number of nitrogens with two attached hydrogens (primary N) is 2. The Hall–Kier alpha value is -6.37. The van der Waals surface area contributed by atoms with Crippen LogP contribution in [0.4, 0.5) is 11.5 Å². The van der Waals surface area contributed by atoms with Gasteiger partial charge in [-0.1, -0.05) is 42.5 Å². The number of aliphatic hydroxyl groups is 3. The van der Waals surface area contributed by atoms with Crippen LogP contribution in [0.25, 0.3) is 0 Å². The molecule has 56 heavy (non-hydrogen) atoms. The summed E-state index contributed by atoms with van der Waals surface area (Å²) in [5.74, 6) is -2.43. The number of amides is 1. The van der Waals surface area contributed by atoms with Gasteiger partial charge in [0.1, 0.15) is 36.9 Å². The van der Waals surface area contributed by atoms with E-state index in [1.54, 1.807) is 53.4 Å². The molecule has 4 aliphatic rings. The van der Waals surface area contributed by atoms with Crippen LogP contribution in [-0.2, 0) is 27.1 Å². The molecule has 3 aliphatic heterocycles. The molecule has 4 aromatic rings. The van der Waals surface area contributed by atoms with Crippen molar-refractivity contribution in [2.45, 2.75) is 43.5 Å². The molecule has 1 saturated heterocycles. The van der Waals surface area contributed by atoms with Crippen molar-refractivity contribution in [2.75, 3.05) is 30.5 Å². The van der Waals surface area contributed by atoms with Crippen LogP contribution in [-0.4, -0.2) is 111 Å². The highest BCUT2D eigenvalue weighted by Gasteiger charge is 2.47. The largest absolute Gasteiger partial charge is 0.504 e. The number of aromatic hydroxyl groups is 1. The molecule has 5 atom stereocenters. The molecule has 0 bridgehead atoms. The van der Waals surface area contributed by atoms with Gasteiger partial charge in [-0.2, -0.15) is 9.98 Å². The van der Waals surface area contributed by atoms with Crippen molar-refractivity contribution in [3.63, 3.8) is 0 Å². The monoisotopic (exact) mass is 761 g/mol. The van der Waals surface area contributed by atoms with Gasteiger partial charge in [0.2, 0.25) is 12.2 Å². The zero-order chi connectivity index (χ0) is 39.2. The molecule has 5 unspecified atom stereocenters. The number of carbonyl (C=O) groups is 3. The van der Waals surface area contributed by atoms with Crippen molar-refractivity contribution >= 4 is 46.5 Å². The number of nitrogens with zero attached hydrogens (tertiary/aromatic N) is 5. The second-order valence-corrected chi connectivity index (χ2v) is 13.4. The van der Waals surface area contributed by atoms with Crippen molar-refractivity contribution in [1.82, 2.24) is 4.98 Å². The number of fused-ring (bicyclic) bond motifs is 3. The number of guanidine groups is 1. The van der Waals surface area contributed by atoms with E-state index in [0.717, 1.165) is 5.56 Å². The maximum absolute atomic E-state index is 13.9. The standard InChI is InChI=1S/C39H35N7O10/c40-26-13-18(9-11-42-26)10-12-54-35-33(52)31(50)25(16-47)55-38(35)56-34-20(15-23-27(32(34)51)30(49)22-7-3-2-6-21(22)29(23)48)14-19-5-1-4-8-24(19)46-17-43-28-36(46)44-39(41)45-37(28)53/h1-9,11,13,15,25,31,33,35,38,47,50-52H,10,12,14,16-17H2,(H2,40,42)(H2,41,45,53). The fourth-order valence-corrected chi connectivity index (χ4v) is 7.24. The number of ketones is 2. The SMILES string of the molecule is NC1=NC(=O)C2=NCN(c3ccccc3Cc3cc4c(c(O)c3OC3OC(CO)C(O)C(O)C3OCCc3ccnc(N)c3)C(=O)c3ccccc3C4=O)C2=N1. The number of hydrogen-bond acceptors (Lipinski definition) is 16. The van der Waals surface area contributed by atoms with Gasteiger partial charge < -0.3 is 51.0 Å². The quantitative estimate of drug-likeness (QED) is 0.114. The maximum atomic E-state index is 13.9. The fourth-order valence-electron chi connectivity index (χ4n) is 7.24. The van der Waals surface area contributed by atoms with Crippen LogP contribution in [0.3, 0.4) is 0 Å². The first-order valence-corrected chi connectivity index (χ1v) is 17.6. The molecular weight excluding hydrogens is 726 g/mol. The minimum Gasteiger partial charge on any atom is -0.504 e. The van der Waals surface area contributed by atoms with Crippen LogP contribution in [0.2, 0.25) is 0 Å². The lowest BCUT2D eigenvalue weighted by Gasteiger charge is -2.42. The van der Waals surface area contributed by atoms with Gasteiger partial charge in [-0.05, 0) is 41.8 Å². The first kappa shape index (κ1) is 36.6. The number of phenols is 1. The molecule has 0 radical (unpaired) electrons. The highest BCUT2D eigenvalue weighted by molar-refractivity contribution is 6.72. The molecular formula is C39H35N7O10. The second-order valence-electron chi connectivity index (χ2n) is 13.4. The van der Waals surface area contributed by atoms with E-state index in [9.17, 15) is 34.8 Å². The summed E-state index contributed by atoms with van der Waals surface area (Å²) in [7, 11) is 0. The van der Waals surface area contributed by atoms with Crippen molar-refractivity contribution < 1.29 is 49.0 Å². The van der Waals surface area contributed by atoms with Crippen molar-refractivity contribution in [1.29, 1.82) is 0 Å². The Balaban J connectivity index is 1.20. The number of aliphatic hydroxyl groups excluding tert-OH is 3. The van der Waals surface area contributed by atoms with Gasteiger partial charge >= 0.3 is 5.91 Å². The molecule has 0 saturated carbocycles. The zero-order valence-corrected chi connectivity index (χ0v) is 29.5. The Labute approximate surface area is 318 Å². The highest BCUT2D eigenvalue weighted by atomic mass is 16.7. The topological polar surface area (TPSA) is 265 Å². The van der Waals surface area contributed by atoms with Gasteiger partial charge in [-0.25, -0.2) is 4.98 Å². The van der Waals surface area contributed by atoms with Crippen LogP contribution in [0.15, 0.2) is 87.9 Å². The first-order chi connectivity index (χ1) is 27.0. The fraction of sp³-hybridized carbons (Fsp3) is 0.256. The predicted molar refractivity (Wildman–Crippen MR) is 200 cm³/mol. The van der Waals surface area contributed by atoms with Gasteiger partial charge in [0.25, 0.3) is 0 Å². The number of carbonyl (C=O) groups excluding carboxylic acids is 3. The number of aromatic nitrogens is 1. The number of nitrogen functional groups attached to an aromatic ring is 1. The number of para-hydroxylation sites is 1. The molecule has 8 N–H and O–H groups in total. The lowest BCUT2D eigenvalue weighted by Crippen LogP contribution is -2.61. The van der Waals surface area contributed by atoms with E-state index in [4.69, 9.17) is 25.7 Å². The predicted octanol–water partition coefficient (Wildman–Crippen LogP) is 0.653. The lowest BCUT2D eigenvalue weighted by molar-refractivity contribution is -0.287. The number of ether oxygens (including phenoxy) is 3. The average Bonchev–Trinajstić information content (AvgIpc) is 3.61. The van der Waals surface area contributed by atoms with E-state index < -0.39 is 60.5 Å². The number of aliphatic imine (C=N–C) groups is 3. The smallest absolute Gasteiger partial charge is 0.302 e. The molecule has 0 spiro atoms. The second kappa shape index (κ2) is 14.7.